The van der Waals surface area contributed by atoms with Crippen LogP contribution in [0.1, 0.15) is 46.0 Å². The molecule has 1 aliphatic rings. The van der Waals surface area contributed by atoms with Crippen molar-refractivity contribution in [1.82, 2.24) is 10.2 Å². The van der Waals surface area contributed by atoms with Gasteiger partial charge in [-0.25, -0.2) is 9.59 Å². The average molecular weight is 256 g/mol. The second-order valence-corrected chi connectivity index (χ2v) is 4.97. The van der Waals surface area contributed by atoms with Crippen LogP contribution in [0.2, 0.25) is 0 Å². The Morgan fingerprint density at radius 2 is 1.94 bits per heavy atom. The van der Waals surface area contributed by atoms with Crippen LogP contribution in [0.15, 0.2) is 0 Å². The Bertz CT molecular complexity index is 286. The fourth-order valence-electron chi connectivity index (χ4n) is 2.41. The van der Waals surface area contributed by atoms with Crippen LogP contribution in [0.4, 0.5) is 4.79 Å². The van der Waals surface area contributed by atoms with E-state index < -0.39 is 12.0 Å². The summed E-state index contributed by atoms with van der Waals surface area (Å²) >= 11 is 0. The predicted octanol–water partition coefficient (Wildman–Crippen LogP) is 2.07. The summed E-state index contributed by atoms with van der Waals surface area (Å²) in [5, 5.41) is 11.5. The van der Waals surface area contributed by atoms with Crippen molar-refractivity contribution in [3.8, 4) is 0 Å². The summed E-state index contributed by atoms with van der Waals surface area (Å²) in [5.41, 5.74) is 0. The van der Waals surface area contributed by atoms with Crippen molar-refractivity contribution in [2.45, 2.75) is 52.0 Å². The summed E-state index contributed by atoms with van der Waals surface area (Å²) in [6, 6.07) is -1.01. The molecule has 1 fully saturated rings. The van der Waals surface area contributed by atoms with Crippen molar-refractivity contribution < 1.29 is 14.7 Å². The molecule has 0 aromatic carbocycles. The van der Waals surface area contributed by atoms with Gasteiger partial charge in [0.25, 0.3) is 0 Å². The maximum atomic E-state index is 11.9. The first-order valence-corrected chi connectivity index (χ1v) is 6.86. The summed E-state index contributed by atoms with van der Waals surface area (Å²) in [6.45, 7) is 5.42. The van der Waals surface area contributed by atoms with Gasteiger partial charge < -0.3 is 15.3 Å². The van der Waals surface area contributed by atoms with Crippen molar-refractivity contribution in [2.24, 2.45) is 5.92 Å². The molecule has 1 rings (SSSR count). The van der Waals surface area contributed by atoms with Crippen LogP contribution >= 0.6 is 0 Å². The number of carbonyl (C=O) groups is 2. The molecule has 2 amide bonds. The van der Waals surface area contributed by atoms with Crippen LogP contribution < -0.4 is 5.32 Å². The largest absolute Gasteiger partial charge is 0.480 e. The minimum atomic E-state index is -0.966. The number of hydrogen-bond acceptors (Lipinski definition) is 2. The molecule has 18 heavy (non-hydrogen) atoms. The van der Waals surface area contributed by atoms with Crippen LogP contribution in [-0.4, -0.2) is 41.1 Å². The fraction of sp³-hybridized carbons (Fsp3) is 0.846. The number of amides is 2. The van der Waals surface area contributed by atoms with E-state index in [1.807, 2.05) is 0 Å². The molecule has 0 aliphatic carbocycles. The van der Waals surface area contributed by atoms with E-state index in [1.54, 1.807) is 11.8 Å². The molecule has 0 bridgehead atoms. The molecular formula is C13H24N2O3. The maximum absolute atomic E-state index is 11.9. The minimum absolute atomic E-state index is 0.237. The Hall–Kier alpha value is -1.26. The highest BCUT2D eigenvalue weighted by Gasteiger charge is 2.25. The average Bonchev–Trinajstić information content (AvgIpc) is 2.36. The lowest BCUT2D eigenvalue weighted by Crippen LogP contribution is -2.50. The van der Waals surface area contributed by atoms with Gasteiger partial charge in [-0.3, -0.25) is 0 Å². The summed E-state index contributed by atoms with van der Waals surface area (Å²) < 4.78 is 0. The number of urea groups is 1. The molecule has 1 aliphatic heterocycles. The number of likely N-dealkylation sites (tertiary alicyclic amines) is 1. The van der Waals surface area contributed by atoms with Gasteiger partial charge in [0, 0.05) is 13.1 Å². The molecule has 2 N–H and O–H groups in total. The van der Waals surface area contributed by atoms with Crippen molar-refractivity contribution in [3.05, 3.63) is 0 Å². The molecule has 0 aromatic rings. The highest BCUT2D eigenvalue weighted by atomic mass is 16.4. The number of aliphatic carboxylic acids is 1. The SMILES string of the molecule is CCCC1CCN(C(=O)NC(CC)C(=O)O)CC1. The summed E-state index contributed by atoms with van der Waals surface area (Å²) in [7, 11) is 0. The molecule has 1 atom stereocenters. The molecule has 0 spiro atoms. The zero-order valence-electron chi connectivity index (χ0n) is 11.3. The topological polar surface area (TPSA) is 69.6 Å². The second-order valence-electron chi connectivity index (χ2n) is 4.97. The number of nitrogens with zero attached hydrogens (tertiary/aromatic N) is 1. The molecule has 1 unspecified atom stereocenters. The van der Waals surface area contributed by atoms with E-state index in [2.05, 4.69) is 12.2 Å². The van der Waals surface area contributed by atoms with Gasteiger partial charge in [-0.2, -0.15) is 0 Å². The monoisotopic (exact) mass is 256 g/mol. The normalized spacial score (nSPS) is 18.4. The molecule has 1 heterocycles. The van der Waals surface area contributed by atoms with E-state index in [0.717, 1.165) is 31.8 Å². The summed E-state index contributed by atoms with van der Waals surface area (Å²) in [5.74, 6) is -0.243. The predicted molar refractivity (Wildman–Crippen MR) is 69.5 cm³/mol. The molecule has 5 nitrogen and oxygen atoms in total. The summed E-state index contributed by atoms with van der Waals surface area (Å²) in [4.78, 5) is 24.5. The second kappa shape index (κ2) is 7.24. The number of piperidine rings is 1. The van der Waals surface area contributed by atoms with Crippen molar-refractivity contribution in [3.63, 3.8) is 0 Å². The number of hydrogen-bond donors (Lipinski definition) is 2. The molecule has 1 saturated heterocycles. The highest BCUT2D eigenvalue weighted by Crippen LogP contribution is 2.21. The first kappa shape index (κ1) is 14.8. The van der Waals surface area contributed by atoms with Gasteiger partial charge in [0.15, 0.2) is 0 Å². The number of carboxylic acids is 1. The Morgan fingerprint density at radius 3 is 2.39 bits per heavy atom. The van der Waals surface area contributed by atoms with Gasteiger partial charge in [0.2, 0.25) is 0 Å². The Balaban J connectivity index is 2.38. The van der Waals surface area contributed by atoms with Crippen LogP contribution in [0, 0.1) is 5.92 Å². The van der Waals surface area contributed by atoms with E-state index in [0.29, 0.717) is 6.42 Å². The number of nitrogens with one attached hydrogen (secondary N) is 1. The smallest absolute Gasteiger partial charge is 0.326 e. The fourth-order valence-corrected chi connectivity index (χ4v) is 2.41. The molecular weight excluding hydrogens is 232 g/mol. The lowest BCUT2D eigenvalue weighted by molar-refractivity contribution is -0.139. The lowest BCUT2D eigenvalue weighted by atomic mass is 9.93. The van der Waals surface area contributed by atoms with Gasteiger partial charge >= 0.3 is 12.0 Å². The highest BCUT2D eigenvalue weighted by molar-refractivity contribution is 5.82. The quantitative estimate of drug-likeness (QED) is 0.791. The van der Waals surface area contributed by atoms with Crippen LogP contribution in [0.25, 0.3) is 0 Å². The summed E-state index contributed by atoms with van der Waals surface area (Å²) in [6.07, 6.45) is 4.89. The van der Waals surface area contributed by atoms with Crippen LogP contribution in [0.3, 0.4) is 0 Å². The Kier molecular flexibility index (Phi) is 5.95. The van der Waals surface area contributed by atoms with Crippen LogP contribution in [0.5, 0.6) is 0 Å². The molecule has 0 saturated carbocycles. The molecule has 0 radical (unpaired) electrons. The standard InChI is InChI=1S/C13H24N2O3/c1-3-5-10-6-8-15(9-7-10)13(18)14-11(4-2)12(16)17/h10-11H,3-9H2,1-2H3,(H,14,18)(H,16,17). The third kappa shape index (κ3) is 4.20. The van der Waals surface area contributed by atoms with Crippen LogP contribution in [-0.2, 0) is 4.79 Å². The number of carbonyl (C=O) groups excluding carboxylic acids is 1. The third-order valence-electron chi connectivity index (χ3n) is 3.60. The van der Waals surface area contributed by atoms with E-state index in [-0.39, 0.29) is 6.03 Å². The maximum Gasteiger partial charge on any atom is 0.326 e. The van der Waals surface area contributed by atoms with Gasteiger partial charge in [-0.05, 0) is 25.2 Å². The minimum Gasteiger partial charge on any atom is -0.480 e. The molecule has 0 aromatic heterocycles. The molecule has 5 heteroatoms. The lowest BCUT2D eigenvalue weighted by Gasteiger charge is -2.32. The van der Waals surface area contributed by atoms with E-state index in [4.69, 9.17) is 5.11 Å². The molecule has 104 valence electrons. The van der Waals surface area contributed by atoms with Crippen molar-refractivity contribution in [2.75, 3.05) is 13.1 Å². The van der Waals surface area contributed by atoms with Gasteiger partial charge in [0.05, 0.1) is 0 Å². The van der Waals surface area contributed by atoms with Gasteiger partial charge in [-0.15, -0.1) is 0 Å². The first-order chi connectivity index (χ1) is 8.58. The van der Waals surface area contributed by atoms with E-state index in [1.165, 1.54) is 12.8 Å². The number of carboxylic acid groups (broad SMARTS) is 1. The van der Waals surface area contributed by atoms with Gasteiger partial charge in [-0.1, -0.05) is 26.7 Å². The van der Waals surface area contributed by atoms with Crippen molar-refractivity contribution in [1.29, 1.82) is 0 Å². The van der Waals surface area contributed by atoms with Crippen molar-refractivity contribution >= 4 is 12.0 Å². The zero-order chi connectivity index (χ0) is 13.5. The Labute approximate surface area is 109 Å². The zero-order valence-corrected chi connectivity index (χ0v) is 11.3. The van der Waals surface area contributed by atoms with Gasteiger partial charge in [0.1, 0.15) is 6.04 Å². The van der Waals surface area contributed by atoms with E-state index >= 15 is 0 Å². The number of rotatable bonds is 5. The third-order valence-corrected chi connectivity index (χ3v) is 3.60. The van der Waals surface area contributed by atoms with E-state index in [9.17, 15) is 9.59 Å². The Morgan fingerprint density at radius 1 is 1.33 bits per heavy atom. The first-order valence-electron chi connectivity index (χ1n) is 6.86.